The van der Waals surface area contributed by atoms with Crippen LogP contribution in [-0.2, 0) is 0 Å². The smallest absolute Gasteiger partial charge is 0.270 e. The Bertz CT molecular complexity index is 740. The summed E-state index contributed by atoms with van der Waals surface area (Å²) in [5, 5.41) is 22.2. The molecule has 0 bridgehead atoms. The molecule has 0 aliphatic heterocycles. The van der Waals surface area contributed by atoms with Crippen molar-refractivity contribution < 1.29 is 19.2 Å². The number of rotatable bonds is 4. The maximum Gasteiger partial charge on any atom is 0.270 e. The van der Waals surface area contributed by atoms with Crippen molar-refractivity contribution in [1.29, 1.82) is 0 Å². The van der Waals surface area contributed by atoms with Gasteiger partial charge in [0.2, 0.25) is 0 Å². The van der Waals surface area contributed by atoms with Gasteiger partial charge in [-0.15, -0.1) is 0 Å². The van der Waals surface area contributed by atoms with Gasteiger partial charge in [0.15, 0.2) is 5.78 Å². The Balaban J connectivity index is 2.31. The Morgan fingerprint density at radius 2 is 1.90 bits per heavy atom. The molecule has 0 unspecified atom stereocenters. The van der Waals surface area contributed by atoms with Gasteiger partial charge >= 0.3 is 0 Å². The molecule has 0 fully saturated rings. The van der Waals surface area contributed by atoms with E-state index in [0.29, 0.717) is 0 Å². The summed E-state index contributed by atoms with van der Waals surface area (Å²) in [7, 11) is 0. The third kappa shape index (κ3) is 3.30. The van der Waals surface area contributed by atoms with E-state index in [9.17, 15) is 24.4 Å². The molecule has 0 aromatic heterocycles. The fourth-order valence-corrected chi connectivity index (χ4v) is 1.69. The van der Waals surface area contributed by atoms with E-state index in [2.05, 4.69) is 0 Å². The van der Waals surface area contributed by atoms with E-state index in [0.717, 1.165) is 24.3 Å². The Labute approximate surface area is 119 Å². The number of halogens is 1. The second kappa shape index (κ2) is 5.96. The van der Waals surface area contributed by atoms with Crippen molar-refractivity contribution >= 4 is 17.5 Å². The van der Waals surface area contributed by atoms with Crippen molar-refractivity contribution in [3.63, 3.8) is 0 Å². The quantitative estimate of drug-likeness (QED) is 0.374. The molecule has 0 saturated carbocycles. The van der Waals surface area contributed by atoms with E-state index in [1.165, 1.54) is 24.3 Å². The van der Waals surface area contributed by atoms with Crippen LogP contribution in [0.25, 0.3) is 6.08 Å². The number of hydrogen-bond acceptors (Lipinski definition) is 4. The average molecular weight is 286 g/mol. The SMILES string of the molecule is O=C(/C=C/c1ccccc1F)c1cc([N+](=O)[O-])ccc1[O-]. The van der Waals surface area contributed by atoms with Gasteiger partial charge in [-0.3, -0.25) is 14.9 Å². The van der Waals surface area contributed by atoms with Crippen LogP contribution >= 0.6 is 0 Å². The lowest BCUT2D eigenvalue weighted by molar-refractivity contribution is -0.385. The van der Waals surface area contributed by atoms with E-state index in [4.69, 9.17) is 0 Å². The molecule has 0 radical (unpaired) electrons. The van der Waals surface area contributed by atoms with Gasteiger partial charge in [0.1, 0.15) is 5.82 Å². The van der Waals surface area contributed by atoms with Crippen LogP contribution in [-0.4, -0.2) is 10.7 Å². The Morgan fingerprint density at radius 1 is 1.19 bits per heavy atom. The Kier molecular flexibility index (Phi) is 4.08. The number of nitrogens with zero attached hydrogens (tertiary/aromatic N) is 1. The highest BCUT2D eigenvalue weighted by Gasteiger charge is 2.11. The minimum Gasteiger partial charge on any atom is -0.872 e. The first-order valence-corrected chi connectivity index (χ1v) is 5.91. The molecule has 0 atom stereocenters. The van der Waals surface area contributed by atoms with Crippen LogP contribution in [0.4, 0.5) is 10.1 Å². The molecule has 0 saturated heterocycles. The zero-order chi connectivity index (χ0) is 15.4. The number of nitro groups is 1. The first-order valence-electron chi connectivity index (χ1n) is 5.91. The summed E-state index contributed by atoms with van der Waals surface area (Å²) in [4.78, 5) is 21.8. The molecular formula is C15H9FNO4-. The van der Waals surface area contributed by atoms with Gasteiger partial charge in [-0.1, -0.05) is 30.0 Å². The fraction of sp³-hybridized carbons (Fsp3) is 0. The lowest BCUT2D eigenvalue weighted by atomic mass is 10.1. The molecule has 21 heavy (non-hydrogen) atoms. The van der Waals surface area contributed by atoms with E-state index in [1.54, 1.807) is 6.07 Å². The number of allylic oxidation sites excluding steroid dienone is 1. The summed E-state index contributed by atoms with van der Waals surface area (Å²) in [5.41, 5.74) is -0.488. The monoisotopic (exact) mass is 286 g/mol. The van der Waals surface area contributed by atoms with E-state index in [-0.39, 0.29) is 16.8 Å². The molecule has 106 valence electrons. The summed E-state index contributed by atoms with van der Waals surface area (Å²) >= 11 is 0. The van der Waals surface area contributed by atoms with Gasteiger partial charge in [0.25, 0.3) is 5.69 Å². The van der Waals surface area contributed by atoms with Gasteiger partial charge in [-0.2, -0.15) is 0 Å². The lowest BCUT2D eigenvalue weighted by Gasteiger charge is -2.09. The molecule has 0 N–H and O–H groups in total. The first-order chi connectivity index (χ1) is 9.99. The van der Waals surface area contributed by atoms with Crippen molar-refractivity contribution in [2.45, 2.75) is 0 Å². The Hall–Kier alpha value is -3.02. The number of hydrogen-bond donors (Lipinski definition) is 0. The molecule has 0 aliphatic carbocycles. The van der Waals surface area contributed by atoms with E-state index < -0.39 is 22.3 Å². The molecule has 0 amide bonds. The standard InChI is InChI=1S/C15H10FNO4/c16-13-4-2-1-3-10(13)5-7-14(18)12-9-11(17(20)21)6-8-15(12)19/h1-9,19H/p-1/b7-5+. The predicted octanol–water partition coefficient (Wildman–Crippen LogP) is 2.70. The molecular weight excluding hydrogens is 277 g/mol. The molecule has 2 rings (SSSR count). The van der Waals surface area contributed by atoms with Crippen molar-refractivity contribution in [3.8, 4) is 5.75 Å². The topological polar surface area (TPSA) is 83.3 Å². The second-order valence-electron chi connectivity index (χ2n) is 4.16. The van der Waals surface area contributed by atoms with Gasteiger partial charge < -0.3 is 5.11 Å². The van der Waals surface area contributed by atoms with Gasteiger partial charge in [0.05, 0.1) is 4.92 Å². The lowest BCUT2D eigenvalue weighted by Crippen LogP contribution is -2.03. The maximum atomic E-state index is 13.4. The highest BCUT2D eigenvalue weighted by atomic mass is 19.1. The van der Waals surface area contributed by atoms with Crippen molar-refractivity contribution in [3.05, 3.63) is 75.6 Å². The van der Waals surface area contributed by atoms with Crippen LogP contribution in [0.15, 0.2) is 48.5 Å². The zero-order valence-corrected chi connectivity index (χ0v) is 10.7. The number of non-ortho nitro benzene ring substituents is 1. The molecule has 2 aromatic rings. The molecule has 5 nitrogen and oxygen atoms in total. The van der Waals surface area contributed by atoms with Gasteiger partial charge in [-0.25, -0.2) is 4.39 Å². The van der Waals surface area contributed by atoms with Crippen LogP contribution in [0, 0.1) is 15.9 Å². The predicted molar refractivity (Wildman–Crippen MR) is 72.3 cm³/mol. The van der Waals surface area contributed by atoms with Crippen molar-refractivity contribution in [2.24, 2.45) is 0 Å². The number of carbonyl (C=O) groups is 1. The largest absolute Gasteiger partial charge is 0.872 e. The summed E-state index contributed by atoms with van der Waals surface area (Å²) in [5.74, 6) is -1.85. The molecule has 2 aromatic carbocycles. The van der Waals surface area contributed by atoms with Gasteiger partial charge in [0, 0.05) is 23.3 Å². The van der Waals surface area contributed by atoms with Crippen LogP contribution in [0.5, 0.6) is 5.75 Å². The summed E-state index contributed by atoms with van der Waals surface area (Å²) < 4.78 is 13.4. The summed E-state index contributed by atoms with van der Waals surface area (Å²) in [6, 6.07) is 8.70. The number of benzene rings is 2. The Morgan fingerprint density at radius 3 is 2.57 bits per heavy atom. The number of carbonyl (C=O) groups excluding carboxylic acids is 1. The van der Waals surface area contributed by atoms with E-state index >= 15 is 0 Å². The van der Waals surface area contributed by atoms with Crippen LogP contribution in [0.3, 0.4) is 0 Å². The normalized spacial score (nSPS) is 10.7. The second-order valence-corrected chi connectivity index (χ2v) is 4.16. The molecule has 6 heteroatoms. The van der Waals surface area contributed by atoms with E-state index in [1.807, 2.05) is 0 Å². The zero-order valence-electron chi connectivity index (χ0n) is 10.7. The van der Waals surface area contributed by atoms with Crippen molar-refractivity contribution in [1.82, 2.24) is 0 Å². The number of nitro benzene ring substituents is 1. The molecule has 0 aliphatic rings. The minimum atomic E-state index is -0.716. The maximum absolute atomic E-state index is 13.4. The summed E-state index contributed by atoms with van der Waals surface area (Å²) in [6.07, 6.45) is 2.23. The first kappa shape index (κ1) is 14.4. The van der Waals surface area contributed by atoms with Crippen molar-refractivity contribution in [2.75, 3.05) is 0 Å². The van der Waals surface area contributed by atoms with Crippen LogP contribution in [0.1, 0.15) is 15.9 Å². The number of ketones is 1. The average Bonchev–Trinajstić information content (AvgIpc) is 2.46. The van der Waals surface area contributed by atoms with Gasteiger partial charge in [-0.05, 0) is 18.2 Å². The van der Waals surface area contributed by atoms with Crippen LogP contribution < -0.4 is 5.11 Å². The molecule has 0 heterocycles. The van der Waals surface area contributed by atoms with Crippen LogP contribution in [0.2, 0.25) is 0 Å². The highest BCUT2D eigenvalue weighted by Crippen LogP contribution is 2.22. The fourth-order valence-electron chi connectivity index (χ4n) is 1.69. The molecule has 0 spiro atoms. The third-order valence-electron chi connectivity index (χ3n) is 2.76. The minimum absolute atomic E-state index is 0.184. The summed E-state index contributed by atoms with van der Waals surface area (Å²) in [6.45, 7) is 0. The highest BCUT2D eigenvalue weighted by molar-refractivity contribution is 6.08. The third-order valence-corrected chi connectivity index (χ3v) is 2.76.